The van der Waals surface area contributed by atoms with Crippen LogP contribution in [0, 0.1) is 0 Å². The van der Waals surface area contributed by atoms with E-state index in [0.29, 0.717) is 25.3 Å². The van der Waals surface area contributed by atoms with Gasteiger partial charge in [0.1, 0.15) is 11.1 Å². The first-order chi connectivity index (χ1) is 22.2. The lowest BCUT2D eigenvalue weighted by molar-refractivity contribution is -0.118. The lowest BCUT2D eigenvalue weighted by atomic mass is 9.84. The second kappa shape index (κ2) is 15.4. The molecule has 0 saturated carbocycles. The third-order valence-corrected chi connectivity index (χ3v) is 9.56. The van der Waals surface area contributed by atoms with Gasteiger partial charge in [0, 0.05) is 18.2 Å². The first-order valence-corrected chi connectivity index (χ1v) is 18.3. The Morgan fingerprint density at radius 2 is 1.65 bits per heavy atom. The molecule has 0 aliphatic carbocycles. The van der Waals surface area contributed by atoms with Crippen molar-refractivity contribution >= 4 is 27.7 Å². The van der Waals surface area contributed by atoms with Crippen LogP contribution in [0.25, 0.3) is 0 Å². The summed E-state index contributed by atoms with van der Waals surface area (Å²) in [6.45, 7) is 2.02. The number of ether oxygens (including phenoxy) is 2. The van der Waals surface area contributed by atoms with Gasteiger partial charge in [-0.25, -0.2) is 19.5 Å². The SMILES string of the molecule is COC(=O)NC(C(=O)Nc1ccccc1CC[C@@H]1CN[C@H](Cn2cc(S(C)(C)C)nn2)CO1)C(c1ccccc1)c1ccccc1. The standard InChI is InChI=1S/C35H44N6O4S/c1-44-35(43)38-33(32(26-14-7-5-8-15-26)27-16-9-6-10-17-27)34(42)37-30-18-12-11-13-25(30)19-20-29-21-36-28(24-45-29)22-41-23-31(39-40-41)46(2,3)4/h5-18,23,28-29,32-33,36H,19-22,24H2,1-4H3,(H,37,42)(H,38,43)/t28-,29-,33?/m1/s1. The third-order valence-electron chi connectivity index (χ3n) is 8.12. The van der Waals surface area contributed by atoms with Crippen LogP contribution in [0.5, 0.6) is 0 Å². The number of alkyl carbamates (subject to hydrolysis) is 1. The summed E-state index contributed by atoms with van der Waals surface area (Å²) in [5.74, 6) is -0.777. The molecule has 10 nitrogen and oxygen atoms in total. The van der Waals surface area contributed by atoms with E-state index in [-0.39, 0.29) is 18.1 Å². The molecule has 1 aliphatic heterocycles. The van der Waals surface area contributed by atoms with Crippen molar-refractivity contribution in [2.24, 2.45) is 0 Å². The second-order valence-corrected chi connectivity index (χ2v) is 16.4. The van der Waals surface area contributed by atoms with E-state index in [1.54, 1.807) is 0 Å². The molecule has 0 spiro atoms. The van der Waals surface area contributed by atoms with Crippen molar-refractivity contribution in [2.75, 3.05) is 44.3 Å². The van der Waals surface area contributed by atoms with Gasteiger partial charge in [0.05, 0.1) is 38.6 Å². The predicted octanol–water partition coefficient (Wildman–Crippen LogP) is 4.82. The Morgan fingerprint density at radius 1 is 1.00 bits per heavy atom. The van der Waals surface area contributed by atoms with Gasteiger partial charge in [-0.3, -0.25) is 4.79 Å². The molecule has 46 heavy (non-hydrogen) atoms. The maximum Gasteiger partial charge on any atom is 0.407 e. The number of carbonyl (C=O) groups is 2. The molecule has 0 bridgehead atoms. The number of para-hydroxylation sites is 1. The summed E-state index contributed by atoms with van der Waals surface area (Å²) in [5, 5.41) is 19.2. The normalized spacial score (nSPS) is 17.7. The zero-order chi connectivity index (χ0) is 32.5. The van der Waals surface area contributed by atoms with Crippen molar-refractivity contribution in [3.63, 3.8) is 0 Å². The van der Waals surface area contributed by atoms with Gasteiger partial charge in [0.15, 0.2) is 0 Å². The van der Waals surface area contributed by atoms with Gasteiger partial charge in [0.25, 0.3) is 0 Å². The van der Waals surface area contributed by atoms with Crippen LogP contribution in [0.4, 0.5) is 10.5 Å². The summed E-state index contributed by atoms with van der Waals surface area (Å²) in [7, 11) is 0.379. The van der Waals surface area contributed by atoms with Crippen LogP contribution in [0.2, 0.25) is 0 Å². The zero-order valence-electron chi connectivity index (χ0n) is 26.9. The molecule has 1 saturated heterocycles. The Kier molecular flexibility index (Phi) is 11.1. The highest BCUT2D eigenvalue weighted by Crippen LogP contribution is 2.43. The van der Waals surface area contributed by atoms with Crippen molar-refractivity contribution < 1.29 is 19.1 Å². The number of benzene rings is 3. The lowest BCUT2D eigenvalue weighted by Crippen LogP contribution is -2.48. The van der Waals surface area contributed by atoms with E-state index in [4.69, 9.17) is 9.47 Å². The fourth-order valence-corrected chi connectivity index (χ4v) is 6.34. The van der Waals surface area contributed by atoms with Gasteiger partial charge < -0.3 is 25.4 Å². The summed E-state index contributed by atoms with van der Waals surface area (Å²) in [6, 6.07) is 26.4. The first kappa shape index (κ1) is 33.2. The Morgan fingerprint density at radius 3 is 2.24 bits per heavy atom. The zero-order valence-corrected chi connectivity index (χ0v) is 27.7. The Bertz CT molecular complexity index is 1530. The number of anilines is 1. The van der Waals surface area contributed by atoms with Crippen LogP contribution in [0.3, 0.4) is 0 Å². The van der Waals surface area contributed by atoms with E-state index in [9.17, 15) is 9.59 Å². The minimum atomic E-state index is -0.931. The molecule has 1 aliphatic rings. The monoisotopic (exact) mass is 644 g/mol. The molecule has 5 rings (SSSR count). The average Bonchev–Trinajstić information content (AvgIpc) is 3.55. The Labute approximate surface area is 272 Å². The molecule has 3 aromatic carbocycles. The van der Waals surface area contributed by atoms with Crippen LogP contribution in [-0.4, -0.2) is 84.2 Å². The van der Waals surface area contributed by atoms with E-state index in [1.165, 1.54) is 7.11 Å². The number of morpholine rings is 1. The molecule has 3 N–H and O–H groups in total. The number of nitrogens with one attached hydrogen (secondary N) is 3. The third kappa shape index (κ3) is 8.74. The number of nitrogens with zero attached hydrogens (tertiary/aromatic N) is 3. The predicted molar refractivity (Wildman–Crippen MR) is 183 cm³/mol. The maximum atomic E-state index is 14.0. The summed E-state index contributed by atoms with van der Waals surface area (Å²) < 4.78 is 13.1. The van der Waals surface area contributed by atoms with Crippen molar-refractivity contribution in [2.45, 2.75) is 48.5 Å². The van der Waals surface area contributed by atoms with Crippen molar-refractivity contribution in [1.82, 2.24) is 25.6 Å². The lowest BCUT2D eigenvalue weighted by Gasteiger charge is -2.30. The molecule has 2 amide bonds. The molecule has 0 radical (unpaired) electrons. The van der Waals surface area contributed by atoms with Gasteiger partial charge in [-0.05, 0) is 54.4 Å². The van der Waals surface area contributed by atoms with Crippen molar-refractivity contribution in [3.8, 4) is 0 Å². The van der Waals surface area contributed by atoms with E-state index in [0.717, 1.165) is 34.7 Å². The minimum absolute atomic E-state index is 0.0413. The molecule has 244 valence electrons. The minimum Gasteiger partial charge on any atom is -0.453 e. The Hall–Kier alpha value is -4.19. The van der Waals surface area contributed by atoms with Crippen LogP contribution >= 0.6 is 10.0 Å². The number of methoxy groups -OCH3 is 1. The van der Waals surface area contributed by atoms with E-state index in [2.05, 4.69) is 45.0 Å². The molecule has 1 unspecified atom stereocenters. The van der Waals surface area contributed by atoms with Gasteiger partial charge in [-0.2, -0.15) is 0 Å². The fourth-order valence-electron chi connectivity index (χ4n) is 5.62. The summed E-state index contributed by atoms with van der Waals surface area (Å²) in [6.07, 6.45) is 9.54. The average molecular weight is 645 g/mol. The molecule has 1 aromatic heterocycles. The molecular weight excluding hydrogens is 600 g/mol. The quantitative estimate of drug-likeness (QED) is 0.202. The summed E-state index contributed by atoms with van der Waals surface area (Å²) >= 11 is 0. The number of aromatic nitrogens is 3. The van der Waals surface area contributed by atoms with Crippen LogP contribution in [-0.2, 0) is 27.2 Å². The number of hydrogen-bond acceptors (Lipinski definition) is 7. The largest absolute Gasteiger partial charge is 0.453 e. The molecule has 4 aromatic rings. The van der Waals surface area contributed by atoms with E-state index >= 15 is 0 Å². The molecular formula is C35H44N6O4S. The number of hydrogen-bond donors (Lipinski definition) is 3. The molecule has 11 heteroatoms. The number of amides is 2. The smallest absolute Gasteiger partial charge is 0.407 e. The Balaban J connectivity index is 1.24. The summed E-state index contributed by atoms with van der Waals surface area (Å²) in [5.41, 5.74) is 3.50. The van der Waals surface area contributed by atoms with Crippen molar-refractivity contribution in [1.29, 1.82) is 0 Å². The van der Waals surface area contributed by atoms with Gasteiger partial charge in [-0.1, -0.05) is 84.1 Å². The highest BCUT2D eigenvalue weighted by atomic mass is 32.3. The highest BCUT2D eigenvalue weighted by molar-refractivity contribution is 8.32. The van der Waals surface area contributed by atoms with E-state index < -0.39 is 28.1 Å². The van der Waals surface area contributed by atoms with Gasteiger partial charge in [0.2, 0.25) is 5.91 Å². The highest BCUT2D eigenvalue weighted by Gasteiger charge is 2.33. The van der Waals surface area contributed by atoms with E-state index in [1.807, 2.05) is 95.8 Å². The molecule has 3 atom stereocenters. The second-order valence-electron chi connectivity index (χ2n) is 12.3. The number of rotatable bonds is 12. The van der Waals surface area contributed by atoms with Crippen LogP contribution < -0.4 is 16.0 Å². The topological polar surface area (TPSA) is 119 Å². The van der Waals surface area contributed by atoms with Crippen LogP contribution in [0.15, 0.2) is 96.2 Å². The molecule has 1 fully saturated rings. The fraction of sp³-hybridized carbons (Fsp3) is 0.371. The number of aryl methyl sites for hydroxylation is 1. The van der Waals surface area contributed by atoms with Gasteiger partial charge >= 0.3 is 6.09 Å². The summed E-state index contributed by atoms with van der Waals surface area (Å²) in [4.78, 5) is 26.5. The van der Waals surface area contributed by atoms with Crippen molar-refractivity contribution in [3.05, 3.63) is 108 Å². The maximum absolute atomic E-state index is 14.0. The first-order valence-electron chi connectivity index (χ1n) is 15.5. The van der Waals surface area contributed by atoms with Gasteiger partial charge in [-0.15, -0.1) is 5.10 Å². The molecule has 2 heterocycles. The van der Waals surface area contributed by atoms with Crippen LogP contribution in [0.1, 0.15) is 29.0 Å². The number of carbonyl (C=O) groups excluding carboxylic acids is 2.